The van der Waals surface area contributed by atoms with Crippen LogP contribution in [-0.2, 0) is 14.4 Å². The van der Waals surface area contributed by atoms with Crippen molar-refractivity contribution in [3.05, 3.63) is 41.7 Å². The van der Waals surface area contributed by atoms with E-state index in [1.54, 1.807) is 12.1 Å². The van der Waals surface area contributed by atoms with Gasteiger partial charge in [-0.05, 0) is 12.1 Å². The Morgan fingerprint density at radius 3 is 2.47 bits per heavy atom. The zero-order valence-corrected chi connectivity index (χ0v) is 9.93. The Kier molecular flexibility index (Phi) is 3.70. The minimum atomic E-state index is -0.524. The lowest BCUT2D eigenvalue weighted by atomic mass is 10.2. The predicted molar refractivity (Wildman–Crippen MR) is 65.2 cm³/mol. The zero-order valence-electron chi connectivity index (χ0n) is 9.93. The van der Waals surface area contributed by atoms with Crippen LogP contribution < -0.4 is 5.32 Å². The number of rotatable bonds is 2. The second-order valence-corrected chi connectivity index (χ2v) is 4.02. The van der Waals surface area contributed by atoms with Gasteiger partial charge < -0.3 is 4.90 Å². The minimum Gasteiger partial charge on any atom is -0.321 e. The van der Waals surface area contributed by atoms with Crippen molar-refractivity contribution < 1.29 is 18.8 Å². The molecule has 0 unspecified atom stereocenters. The van der Waals surface area contributed by atoms with E-state index in [1.807, 2.05) is 0 Å². The molecule has 98 valence electrons. The first-order valence-corrected chi connectivity index (χ1v) is 5.60. The molecule has 1 aliphatic heterocycles. The molecule has 1 saturated heterocycles. The number of hydrogen-bond acceptors (Lipinski definition) is 3. The van der Waals surface area contributed by atoms with Crippen molar-refractivity contribution in [1.82, 2.24) is 10.2 Å². The van der Waals surface area contributed by atoms with Crippen LogP contribution in [0.15, 0.2) is 30.3 Å². The Morgan fingerprint density at radius 1 is 1.21 bits per heavy atom. The van der Waals surface area contributed by atoms with Gasteiger partial charge in [0.15, 0.2) is 0 Å². The predicted octanol–water partition coefficient (Wildman–Crippen LogP) is 0.324. The lowest BCUT2D eigenvalue weighted by Gasteiger charge is -2.24. The van der Waals surface area contributed by atoms with Gasteiger partial charge in [-0.1, -0.05) is 18.2 Å². The van der Waals surface area contributed by atoms with E-state index < -0.39 is 23.5 Å². The van der Waals surface area contributed by atoms with Crippen molar-refractivity contribution in [2.24, 2.45) is 0 Å². The van der Waals surface area contributed by atoms with Crippen LogP contribution in [-0.4, -0.2) is 35.7 Å². The fourth-order valence-electron chi connectivity index (χ4n) is 1.67. The van der Waals surface area contributed by atoms with Crippen LogP contribution in [0.2, 0.25) is 0 Å². The summed E-state index contributed by atoms with van der Waals surface area (Å²) in [4.78, 5) is 35.1. The molecule has 3 amide bonds. The lowest BCUT2D eigenvalue weighted by Crippen LogP contribution is -2.52. The highest BCUT2D eigenvalue weighted by Crippen LogP contribution is 2.08. The quantitative estimate of drug-likeness (QED) is 0.616. The monoisotopic (exact) mass is 262 g/mol. The molecule has 1 aromatic carbocycles. The molecule has 0 aromatic heterocycles. The number of carbonyl (C=O) groups excluding carboxylic acids is 3. The van der Waals surface area contributed by atoms with Gasteiger partial charge in [-0.2, -0.15) is 0 Å². The molecule has 0 spiro atoms. The number of amides is 3. The van der Waals surface area contributed by atoms with Crippen molar-refractivity contribution in [3.63, 3.8) is 0 Å². The second kappa shape index (κ2) is 5.43. The maximum Gasteiger partial charge on any atom is 0.247 e. The molecule has 0 saturated carbocycles. The first kappa shape index (κ1) is 12.9. The second-order valence-electron chi connectivity index (χ2n) is 4.02. The van der Waals surface area contributed by atoms with Crippen molar-refractivity contribution >= 4 is 23.8 Å². The van der Waals surface area contributed by atoms with E-state index in [1.165, 1.54) is 18.2 Å². The third-order valence-electron chi connectivity index (χ3n) is 2.57. The molecule has 5 nitrogen and oxygen atoms in total. The number of nitrogens with zero attached hydrogens (tertiary/aromatic N) is 1. The summed E-state index contributed by atoms with van der Waals surface area (Å²) < 4.78 is 13.3. The molecule has 6 heteroatoms. The molecule has 0 atom stereocenters. The standard InChI is InChI=1S/C13H11FN2O3/c14-10-4-2-1-3-9(10)5-6-13(19)16-7-11(17)15-12(18)8-16/h1-6H,7-8H2,(H,15,17,18). The Hall–Kier alpha value is -2.50. The Balaban J connectivity index is 2.07. The summed E-state index contributed by atoms with van der Waals surface area (Å²) >= 11 is 0. The van der Waals surface area contributed by atoms with Gasteiger partial charge in [0.25, 0.3) is 0 Å². The molecular formula is C13H11FN2O3. The summed E-state index contributed by atoms with van der Waals surface area (Å²) in [6.45, 7) is -0.349. The summed E-state index contributed by atoms with van der Waals surface area (Å²) in [5.41, 5.74) is 0.267. The fraction of sp³-hybridized carbons (Fsp3) is 0.154. The molecule has 1 N–H and O–H groups in total. The summed E-state index contributed by atoms with van der Waals surface area (Å²) in [6.07, 6.45) is 2.46. The molecule has 0 aliphatic carbocycles. The van der Waals surface area contributed by atoms with Crippen LogP contribution in [0.1, 0.15) is 5.56 Å². The van der Waals surface area contributed by atoms with Gasteiger partial charge in [0.05, 0.1) is 0 Å². The molecule has 0 bridgehead atoms. The highest BCUT2D eigenvalue weighted by Gasteiger charge is 2.24. The van der Waals surface area contributed by atoms with Crippen LogP contribution in [0.25, 0.3) is 6.08 Å². The Bertz CT molecular complexity index is 553. The van der Waals surface area contributed by atoms with Gasteiger partial charge in [-0.3, -0.25) is 19.7 Å². The van der Waals surface area contributed by atoms with E-state index in [2.05, 4.69) is 5.32 Å². The van der Waals surface area contributed by atoms with Gasteiger partial charge >= 0.3 is 0 Å². The summed E-state index contributed by atoms with van der Waals surface area (Å²) in [6, 6.07) is 5.99. The van der Waals surface area contributed by atoms with Crippen molar-refractivity contribution in [2.75, 3.05) is 13.1 Å². The maximum absolute atomic E-state index is 13.3. The van der Waals surface area contributed by atoms with E-state index in [-0.39, 0.29) is 18.7 Å². The van der Waals surface area contributed by atoms with E-state index in [0.717, 1.165) is 11.0 Å². The first-order chi connectivity index (χ1) is 9.06. The topological polar surface area (TPSA) is 66.5 Å². The third kappa shape index (κ3) is 3.25. The summed E-state index contributed by atoms with van der Waals surface area (Å²) in [7, 11) is 0. The van der Waals surface area contributed by atoms with E-state index in [9.17, 15) is 18.8 Å². The minimum absolute atomic E-state index is 0.174. The van der Waals surface area contributed by atoms with Gasteiger partial charge in [-0.15, -0.1) is 0 Å². The van der Waals surface area contributed by atoms with Gasteiger partial charge in [0.1, 0.15) is 18.9 Å². The highest BCUT2D eigenvalue weighted by molar-refractivity contribution is 6.04. The maximum atomic E-state index is 13.3. The van der Waals surface area contributed by atoms with Crippen LogP contribution in [0, 0.1) is 5.82 Å². The van der Waals surface area contributed by atoms with Gasteiger partial charge in [-0.25, -0.2) is 4.39 Å². The number of piperazine rings is 1. The van der Waals surface area contributed by atoms with Crippen LogP contribution in [0.3, 0.4) is 0 Å². The molecule has 1 fully saturated rings. The highest BCUT2D eigenvalue weighted by atomic mass is 19.1. The summed E-state index contributed by atoms with van der Waals surface area (Å²) in [5, 5.41) is 2.09. The van der Waals surface area contributed by atoms with Crippen LogP contribution in [0.4, 0.5) is 4.39 Å². The number of carbonyl (C=O) groups is 3. The number of halogens is 1. The van der Waals surface area contributed by atoms with Gasteiger partial charge in [0, 0.05) is 11.6 Å². The molecule has 1 heterocycles. The number of imide groups is 1. The van der Waals surface area contributed by atoms with Crippen molar-refractivity contribution in [2.45, 2.75) is 0 Å². The fourth-order valence-corrected chi connectivity index (χ4v) is 1.67. The Labute approximate surface area is 108 Å². The van der Waals surface area contributed by atoms with Crippen LogP contribution in [0.5, 0.6) is 0 Å². The van der Waals surface area contributed by atoms with E-state index in [4.69, 9.17) is 0 Å². The smallest absolute Gasteiger partial charge is 0.247 e. The van der Waals surface area contributed by atoms with Gasteiger partial charge in [0.2, 0.25) is 17.7 Å². The van der Waals surface area contributed by atoms with E-state index in [0.29, 0.717) is 0 Å². The normalized spacial score (nSPS) is 15.7. The van der Waals surface area contributed by atoms with Crippen LogP contribution >= 0.6 is 0 Å². The third-order valence-corrected chi connectivity index (χ3v) is 2.57. The molecule has 19 heavy (non-hydrogen) atoms. The average molecular weight is 262 g/mol. The molecule has 1 aromatic rings. The zero-order chi connectivity index (χ0) is 13.8. The molecule has 0 radical (unpaired) electrons. The molecule has 2 rings (SSSR count). The SMILES string of the molecule is O=C1CN(C(=O)C=Cc2ccccc2F)CC(=O)N1. The molecular weight excluding hydrogens is 251 g/mol. The first-order valence-electron chi connectivity index (χ1n) is 5.60. The molecule has 1 aliphatic rings. The largest absolute Gasteiger partial charge is 0.321 e. The van der Waals surface area contributed by atoms with E-state index >= 15 is 0 Å². The number of benzene rings is 1. The number of nitrogens with one attached hydrogen (secondary N) is 1. The number of hydrogen-bond donors (Lipinski definition) is 1. The van der Waals surface area contributed by atoms with Crippen molar-refractivity contribution in [1.29, 1.82) is 0 Å². The average Bonchev–Trinajstić information content (AvgIpc) is 2.36. The summed E-state index contributed by atoms with van der Waals surface area (Å²) in [5.74, 6) is -2.00. The Morgan fingerprint density at radius 2 is 1.84 bits per heavy atom. The lowest BCUT2D eigenvalue weighted by molar-refractivity contribution is -0.143. The van der Waals surface area contributed by atoms with Crippen molar-refractivity contribution in [3.8, 4) is 0 Å².